The largest absolute Gasteiger partial charge is 0.462 e. The Morgan fingerprint density at radius 3 is 0.898 bits per heavy atom. The van der Waals surface area contributed by atoms with Crippen molar-refractivity contribution in [3.05, 3.63) is 12.2 Å². The summed E-state index contributed by atoms with van der Waals surface area (Å²) in [6.45, 7) is -0.201. The van der Waals surface area contributed by atoms with Crippen LogP contribution in [0, 0.1) is 0 Å². The summed E-state index contributed by atoms with van der Waals surface area (Å²) in [5.41, 5.74) is 0. The van der Waals surface area contributed by atoms with E-state index < -0.39 is 37.1 Å². The van der Waals surface area contributed by atoms with E-state index in [-0.39, 0.29) is 19.3 Å². The Labute approximate surface area is 374 Å². The molecule has 0 aliphatic carbocycles. The zero-order valence-electron chi connectivity index (χ0n) is 44.3. The molecule has 0 aliphatic rings. The van der Waals surface area contributed by atoms with E-state index in [9.17, 15) is 14.4 Å². The molecule has 59 heavy (non-hydrogen) atoms. The maximum absolute atomic E-state index is 13.1. The van der Waals surface area contributed by atoms with E-state index in [0.29, 0.717) is 25.7 Å². The van der Waals surface area contributed by atoms with Gasteiger partial charge in [0.15, 0.2) is 6.08 Å². The Bertz CT molecular complexity index is 1080. The molecule has 0 N–H and O–H groups in total. The molecule has 0 spiro atoms. The zero-order chi connectivity index (χ0) is 47.5. The third-order valence-electron chi connectivity index (χ3n) is 11.3. The zero-order valence-corrected chi connectivity index (χ0v) is 39.3. The lowest BCUT2D eigenvalue weighted by molar-refractivity contribution is -0.167. The summed E-state index contributed by atoms with van der Waals surface area (Å²) >= 11 is 0. The molecule has 0 bridgehead atoms. The summed E-state index contributed by atoms with van der Waals surface area (Å²) in [6.07, 6.45) is 43.7. The summed E-state index contributed by atoms with van der Waals surface area (Å²) < 4.78 is 58.8. The first-order valence-electron chi connectivity index (χ1n) is 28.2. The molecule has 0 aromatic carbocycles. The SMILES string of the molecule is [2H]C([2H])(OC(=O)CCCCCCCCCCCCCCC)C([2H])(OC(=O)CCCCCCC/C=C/CCCCCCCC)C([2H])([2H])OC(=O)CCCCCCCCCCCCCCC. The smallest absolute Gasteiger partial charge is 0.306 e. The van der Waals surface area contributed by atoms with Gasteiger partial charge in [0, 0.05) is 19.3 Å². The third kappa shape index (κ3) is 47.1. The van der Waals surface area contributed by atoms with Crippen LogP contribution in [0.5, 0.6) is 0 Å². The molecule has 0 radical (unpaired) electrons. The predicted molar refractivity (Wildman–Crippen MR) is 252 cm³/mol. The number of esters is 3. The molecular formula is C53H100O6. The standard InChI is InChI=1S/C53H100O6/c1-4-7-10-13-16-19-22-25-26-29-32-35-38-41-44-47-53(56)59-50(48-57-51(54)45-42-39-36-33-30-27-23-20-17-14-11-8-5-2)49-58-52(55)46-43-40-37-34-31-28-24-21-18-15-12-9-6-3/h25-26,50H,4-24,27-49H2,1-3H3/b26-25+/i48D2,49D2,50D. The first kappa shape index (κ1) is 48.2. The Kier molecular flexibility index (Phi) is 39.9. The minimum absolute atomic E-state index is 0.127. The maximum Gasteiger partial charge on any atom is 0.306 e. The van der Waals surface area contributed by atoms with Gasteiger partial charge in [-0.1, -0.05) is 238 Å². The van der Waals surface area contributed by atoms with Crippen molar-refractivity contribution >= 4 is 17.9 Å². The Balaban J connectivity index is 5.01. The number of hydrogen-bond donors (Lipinski definition) is 0. The van der Waals surface area contributed by atoms with Crippen LogP contribution >= 0.6 is 0 Å². The van der Waals surface area contributed by atoms with E-state index in [1.54, 1.807) is 0 Å². The highest BCUT2D eigenvalue weighted by molar-refractivity contribution is 5.71. The Hall–Kier alpha value is -1.85. The van der Waals surface area contributed by atoms with Gasteiger partial charge in [0.25, 0.3) is 0 Å². The summed E-state index contributed by atoms with van der Waals surface area (Å²) in [5.74, 6) is -2.94. The van der Waals surface area contributed by atoms with Gasteiger partial charge < -0.3 is 14.2 Å². The molecule has 0 amide bonds. The fraction of sp³-hybridized carbons (Fsp3) is 0.906. The quantitative estimate of drug-likeness (QED) is 0.0263. The fourth-order valence-corrected chi connectivity index (χ4v) is 7.45. The van der Waals surface area contributed by atoms with Gasteiger partial charge in [-0.15, -0.1) is 0 Å². The molecule has 0 fully saturated rings. The first-order valence-corrected chi connectivity index (χ1v) is 25.7. The second-order valence-corrected chi connectivity index (χ2v) is 17.3. The van der Waals surface area contributed by atoms with Crippen LogP contribution in [0.25, 0.3) is 0 Å². The molecule has 0 atom stereocenters. The van der Waals surface area contributed by atoms with Crippen molar-refractivity contribution in [3.63, 3.8) is 0 Å². The molecule has 0 aromatic rings. The van der Waals surface area contributed by atoms with Crippen LogP contribution in [0.3, 0.4) is 0 Å². The first-order chi connectivity index (χ1) is 30.9. The number of ether oxygens (including phenoxy) is 3. The molecule has 348 valence electrons. The van der Waals surface area contributed by atoms with Gasteiger partial charge in [0.05, 0.1) is 6.85 Å². The van der Waals surface area contributed by atoms with E-state index in [2.05, 4.69) is 32.9 Å². The number of carbonyl (C=O) groups is 3. The third-order valence-corrected chi connectivity index (χ3v) is 11.3. The van der Waals surface area contributed by atoms with E-state index in [0.717, 1.165) is 83.5 Å². The van der Waals surface area contributed by atoms with E-state index in [4.69, 9.17) is 21.1 Å². The van der Waals surface area contributed by atoms with E-state index in [1.165, 1.54) is 141 Å². The Morgan fingerprint density at radius 2 is 0.610 bits per heavy atom. The highest BCUT2D eigenvalue weighted by atomic mass is 16.6. The van der Waals surface area contributed by atoms with Crippen molar-refractivity contribution in [2.75, 3.05) is 13.1 Å². The normalized spacial score (nSPS) is 13.4. The van der Waals surface area contributed by atoms with Crippen molar-refractivity contribution in [3.8, 4) is 0 Å². The van der Waals surface area contributed by atoms with E-state index >= 15 is 0 Å². The highest BCUT2D eigenvalue weighted by Crippen LogP contribution is 2.16. The molecule has 0 aromatic heterocycles. The van der Waals surface area contributed by atoms with Gasteiger partial charge in [0.2, 0.25) is 0 Å². The van der Waals surface area contributed by atoms with Gasteiger partial charge in [-0.3, -0.25) is 14.4 Å². The van der Waals surface area contributed by atoms with Crippen molar-refractivity contribution in [2.45, 2.75) is 297 Å². The molecule has 0 heterocycles. The van der Waals surface area contributed by atoms with Crippen LogP contribution < -0.4 is 0 Å². The van der Waals surface area contributed by atoms with Gasteiger partial charge in [-0.25, -0.2) is 0 Å². The molecule has 6 nitrogen and oxygen atoms in total. The summed E-state index contributed by atoms with van der Waals surface area (Å²) in [6, 6.07) is 0. The molecule has 0 aliphatic heterocycles. The van der Waals surface area contributed by atoms with Gasteiger partial charge in [-0.2, -0.15) is 0 Å². The van der Waals surface area contributed by atoms with Crippen LogP contribution in [-0.4, -0.2) is 37.1 Å². The minimum Gasteiger partial charge on any atom is -0.462 e. The molecule has 0 rings (SSSR count). The average molecular weight is 838 g/mol. The van der Waals surface area contributed by atoms with Crippen LogP contribution in [0.1, 0.15) is 297 Å². The summed E-state index contributed by atoms with van der Waals surface area (Å²) in [5, 5.41) is 0. The van der Waals surface area contributed by atoms with Crippen LogP contribution in [0.15, 0.2) is 12.2 Å². The number of unbranched alkanes of at least 4 members (excludes halogenated alkanes) is 35. The molecule has 0 unspecified atom stereocenters. The predicted octanol–water partition coefficient (Wildman–Crippen LogP) is 17.0. The molecule has 0 saturated carbocycles. The lowest BCUT2D eigenvalue weighted by Crippen LogP contribution is -2.30. The van der Waals surface area contributed by atoms with Crippen molar-refractivity contribution in [1.29, 1.82) is 0 Å². The van der Waals surface area contributed by atoms with E-state index in [1.807, 2.05) is 0 Å². The topological polar surface area (TPSA) is 78.9 Å². The molecule has 0 saturated heterocycles. The minimum atomic E-state index is -3.49. The number of rotatable bonds is 48. The monoisotopic (exact) mass is 838 g/mol. The highest BCUT2D eigenvalue weighted by Gasteiger charge is 2.19. The molecule has 6 heteroatoms. The average Bonchev–Trinajstić information content (AvgIpc) is 3.25. The van der Waals surface area contributed by atoms with Crippen molar-refractivity contribution in [1.82, 2.24) is 0 Å². The van der Waals surface area contributed by atoms with Crippen molar-refractivity contribution < 1.29 is 35.4 Å². The van der Waals surface area contributed by atoms with Crippen molar-refractivity contribution in [2.24, 2.45) is 0 Å². The van der Waals surface area contributed by atoms with Crippen LogP contribution in [0.2, 0.25) is 0 Å². The maximum atomic E-state index is 13.1. The lowest BCUT2D eigenvalue weighted by atomic mass is 10.0. The fourth-order valence-electron chi connectivity index (χ4n) is 7.45. The van der Waals surface area contributed by atoms with Gasteiger partial charge >= 0.3 is 17.9 Å². The lowest BCUT2D eigenvalue weighted by Gasteiger charge is -2.18. The van der Waals surface area contributed by atoms with Crippen LogP contribution in [0.4, 0.5) is 0 Å². The summed E-state index contributed by atoms with van der Waals surface area (Å²) in [4.78, 5) is 38.9. The second-order valence-electron chi connectivity index (χ2n) is 17.3. The van der Waals surface area contributed by atoms with Crippen LogP contribution in [-0.2, 0) is 28.6 Å². The molecular weight excluding hydrogens is 733 g/mol. The number of hydrogen-bond acceptors (Lipinski definition) is 6. The number of carbonyl (C=O) groups excluding carboxylic acids is 3. The van der Waals surface area contributed by atoms with Gasteiger partial charge in [0.1, 0.15) is 13.1 Å². The number of allylic oxidation sites excluding steroid dienone is 2. The second kappa shape index (κ2) is 48.8. The van der Waals surface area contributed by atoms with Gasteiger partial charge in [-0.05, 0) is 44.9 Å². The Morgan fingerprint density at radius 1 is 0.373 bits per heavy atom. The summed E-state index contributed by atoms with van der Waals surface area (Å²) in [7, 11) is 0.